The molecule has 8 nitrogen and oxygen atoms in total. The minimum absolute atomic E-state index is 0.136. The van der Waals surface area contributed by atoms with Crippen molar-refractivity contribution in [3.8, 4) is 5.69 Å². The van der Waals surface area contributed by atoms with E-state index in [4.69, 9.17) is 11.5 Å². The number of fused-ring (bicyclic) bond motifs is 1. The van der Waals surface area contributed by atoms with E-state index >= 15 is 0 Å². The van der Waals surface area contributed by atoms with Gasteiger partial charge in [-0.25, -0.2) is 9.97 Å². The number of aromatic nitrogens is 3. The van der Waals surface area contributed by atoms with Gasteiger partial charge in [0.1, 0.15) is 12.1 Å². The number of primary amides is 1. The summed E-state index contributed by atoms with van der Waals surface area (Å²) in [5.41, 5.74) is 16.0. The summed E-state index contributed by atoms with van der Waals surface area (Å²) in [6.45, 7) is 5.17. The molecular weight excluding hydrogens is 380 g/mol. The van der Waals surface area contributed by atoms with Gasteiger partial charge >= 0.3 is 11.8 Å². The first-order valence-electron chi connectivity index (χ1n) is 10.2. The fraction of sp³-hybridized carbons (Fsp3) is 0.364. The average molecular weight is 406 g/mol. The lowest BCUT2D eigenvalue weighted by Gasteiger charge is -2.36. The second kappa shape index (κ2) is 7.78. The van der Waals surface area contributed by atoms with Gasteiger partial charge in [0.2, 0.25) is 0 Å². The summed E-state index contributed by atoms with van der Waals surface area (Å²) < 4.78 is 2.00. The molecule has 4 N–H and O–H groups in total. The van der Waals surface area contributed by atoms with Gasteiger partial charge in [-0.1, -0.05) is 19.9 Å². The predicted octanol–water partition coefficient (Wildman–Crippen LogP) is 2.00. The van der Waals surface area contributed by atoms with Crippen molar-refractivity contribution in [2.75, 3.05) is 18.8 Å². The van der Waals surface area contributed by atoms with E-state index in [1.54, 1.807) is 17.4 Å². The number of carbonyl (C=O) groups excluding carboxylic acids is 2. The maximum absolute atomic E-state index is 12.1. The molecule has 1 aliphatic rings. The minimum Gasteiger partial charge on any atom is -0.383 e. The topological polar surface area (TPSA) is 120 Å². The number of benzene rings is 1. The monoisotopic (exact) mass is 406 g/mol. The third-order valence-electron chi connectivity index (χ3n) is 5.85. The predicted molar refractivity (Wildman–Crippen MR) is 115 cm³/mol. The molecule has 1 fully saturated rings. The SMILES string of the molecule is CCc1cc(-n2cnc3cc(C4CC(C)CN(C(=O)C(N)=O)C4)ccc32)cnc1N. The summed E-state index contributed by atoms with van der Waals surface area (Å²) in [5, 5.41) is 0. The highest BCUT2D eigenvalue weighted by Crippen LogP contribution is 2.32. The van der Waals surface area contributed by atoms with Crippen LogP contribution in [0.1, 0.15) is 37.3 Å². The fourth-order valence-corrected chi connectivity index (χ4v) is 4.33. The molecule has 2 atom stereocenters. The van der Waals surface area contributed by atoms with Gasteiger partial charge in [0.15, 0.2) is 0 Å². The molecule has 1 aliphatic heterocycles. The number of carbonyl (C=O) groups is 2. The number of nitrogens with zero attached hydrogens (tertiary/aromatic N) is 4. The third-order valence-corrected chi connectivity index (χ3v) is 5.85. The fourth-order valence-electron chi connectivity index (χ4n) is 4.33. The molecular formula is C22H26N6O2. The first-order chi connectivity index (χ1) is 14.4. The van der Waals surface area contributed by atoms with Gasteiger partial charge in [-0.3, -0.25) is 14.2 Å². The van der Waals surface area contributed by atoms with Gasteiger partial charge in [-0.2, -0.15) is 0 Å². The molecule has 1 saturated heterocycles. The van der Waals surface area contributed by atoms with E-state index in [0.29, 0.717) is 18.9 Å². The van der Waals surface area contributed by atoms with Crippen molar-refractivity contribution in [1.29, 1.82) is 0 Å². The molecule has 2 aromatic heterocycles. The molecule has 2 unspecified atom stereocenters. The van der Waals surface area contributed by atoms with Crippen LogP contribution in [-0.4, -0.2) is 44.3 Å². The summed E-state index contributed by atoms with van der Waals surface area (Å²) in [6, 6.07) is 8.21. The van der Waals surface area contributed by atoms with Crippen molar-refractivity contribution in [1.82, 2.24) is 19.4 Å². The Bertz CT molecular complexity index is 1120. The van der Waals surface area contributed by atoms with Crippen LogP contribution >= 0.6 is 0 Å². The Balaban J connectivity index is 1.65. The Morgan fingerprint density at radius 1 is 1.20 bits per heavy atom. The Morgan fingerprint density at radius 3 is 2.73 bits per heavy atom. The summed E-state index contributed by atoms with van der Waals surface area (Å²) in [5.74, 6) is -0.542. The maximum atomic E-state index is 12.1. The number of aryl methyl sites for hydroxylation is 1. The van der Waals surface area contributed by atoms with Gasteiger partial charge in [0, 0.05) is 19.0 Å². The molecule has 1 aromatic carbocycles. The van der Waals surface area contributed by atoms with Crippen molar-refractivity contribution >= 4 is 28.7 Å². The number of hydrogen-bond acceptors (Lipinski definition) is 5. The van der Waals surface area contributed by atoms with Crippen LogP contribution in [0.15, 0.2) is 36.8 Å². The molecule has 3 aromatic rings. The molecule has 0 radical (unpaired) electrons. The first kappa shape index (κ1) is 19.9. The van der Waals surface area contributed by atoms with E-state index in [9.17, 15) is 9.59 Å². The maximum Gasteiger partial charge on any atom is 0.311 e. The molecule has 2 amide bonds. The van der Waals surface area contributed by atoms with Crippen molar-refractivity contribution in [3.63, 3.8) is 0 Å². The van der Waals surface area contributed by atoms with Crippen LogP contribution in [0.4, 0.5) is 5.82 Å². The Kier molecular flexibility index (Phi) is 5.15. The third kappa shape index (κ3) is 3.60. The van der Waals surface area contributed by atoms with E-state index in [-0.39, 0.29) is 11.8 Å². The second-order valence-corrected chi connectivity index (χ2v) is 8.07. The number of nitrogen functional groups attached to an aromatic ring is 1. The molecule has 30 heavy (non-hydrogen) atoms. The van der Waals surface area contributed by atoms with Crippen LogP contribution < -0.4 is 11.5 Å². The molecule has 3 heterocycles. The smallest absolute Gasteiger partial charge is 0.311 e. The van der Waals surface area contributed by atoms with Crippen molar-refractivity contribution in [2.24, 2.45) is 11.7 Å². The van der Waals surface area contributed by atoms with Gasteiger partial charge in [-0.05, 0) is 48.1 Å². The van der Waals surface area contributed by atoms with E-state index in [0.717, 1.165) is 40.7 Å². The van der Waals surface area contributed by atoms with E-state index < -0.39 is 11.8 Å². The molecule has 0 bridgehead atoms. The lowest BCUT2D eigenvalue weighted by atomic mass is 9.85. The lowest BCUT2D eigenvalue weighted by molar-refractivity contribution is -0.145. The summed E-state index contributed by atoms with van der Waals surface area (Å²) in [7, 11) is 0. The van der Waals surface area contributed by atoms with Crippen molar-refractivity contribution in [2.45, 2.75) is 32.6 Å². The lowest BCUT2D eigenvalue weighted by Crippen LogP contribution is -2.47. The van der Waals surface area contributed by atoms with Crippen LogP contribution in [0.5, 0.6) is 0 Å². The first-order valence-corrected chi connectivity index (χ1v) is 10.2. The number of nitrogens with two attached hydrogens (primary N) is 2. The molecule has 4 rings (SSSR count). The van der Waals surface area contributed by atoms with Crippen molar-refractivity contribution < 1.29 is 9.59 Å². The van der Waals surface area contributed by atoms with E-state index in [2.05, 4.69) is 29.0 Å². The zero-order valence-corrected chi connectivity index (χ0v) is 17.2. The average Bonchev–Trinajstić information content (AvgIpc) is 3.16. The highest BCUT2D eigenvalue weighted by molar-refractivity contribution is 6.34. The second-order valence-electron chi connectivity index (χ2n) is 8.07. The number of amides is 2. The van der Waals surface area contributed by atoms with E-state index in [1.807, 2.05) is 23.6 Å². The number of piperidine rings is 1. The molecule has 0 saturated carbocycles. The van der Waals surface area contributed by atoms with Crippen LogP contribution in [-0.2, 0) is 16.0 Å². The van der Waals surface area contributed by atoms with Crippen molar-refractivity contribution in [3.05, 3.63) is 47.9 Å². The van der Waals surface area contributed by atoms with Crippen LogP contribution in [0.2, 0.25) is 0 Å². The van der Waals surface area contributed by atoms with Crippen LogP contribution in [0, 0.1) is 5.92 Å². The highest BCUT2D eigenvalue weighted by atomic mass is 16.2. The standard InChI is InChI=1S/C22H26N6O2/c1-3-14-7-17(9-25-20(14)23)28-12-26-18-8-15(4-5-19(18)28)16-6-13(2)10-27(11-16)22(30)21(24)29/h4-5,7-9,12-13,16H,3,6,10-11H2,1-2H3,(H2,23,25)(H2,24,29). The molecule has 0 aliphatic carbocycles. The summed E-state index contributed by atoms with van der Waals surface area (Å²) in [4.78, 5) is 33.9. The summed E-state index contributed by atoms with van der Waals surface area (Å²) >= 11 is 0. The van der Waals surface area contributed by atoms with Gasteiger partial charge in [-0.15, -0.1) is 0 Å². The van der Waals surface area contributed by atoms with Crippen LogP contribution in [0.25, 0.3) is 16.7 Å². The quantitative estimate of drug-likeness (QED) is 0.645. The van der Waals surface area contributed by atoms with Crippen LogP contribution in [0.3, 0.4) is 0 Å². The summed E-state index contributed by atoms with van der Waals surface area (Å²) in [6.07, 6.45) is 5.29. The normalized spacial score (nSPS) is 19.2. The Morgan fingerprint density at radius 2 is 2.00 bits per heavy atom. The van der Waals surface area contributed by atoms with Gasteiger partial charge in [0.05, 0.1) is 22.9 Å². The zero-order valence-electron chi connectivity index (χ0n) is 17.2. The minimum atomic E-state index is -0.902. The number of hydrogen-bond donors (Lipinski definition) is 2. The van der Waals surface area contributed by atoms with E-state index in [1.165, 1.54) is 0 Å². The molecule has 0 spiro atoms. The largest absolute Gasteiger partial charge is 0.383 e. The Labute approximate surface area is 174 Å². The molecule has 8 heteroatoms. The van der Waals surface area contributed by atoms with Gasteiger partial charge < -0.3 is 16.4 Å². The number of likely N-dealkylation sites (tertiary alicyclic amines) is 1. The number of rotatable bonds is 3. The molecule has 156 valence electrons. The number of anilines is 1. The zero-order chi connectivity index (χ0) is 21.4. The number of pyridine rings is 1. The Hall–Kier alpha value is -3.42. The van der Waals surface area contributed by atoms with Gasteiger partial charge in [0.25, 0.3) is 0 Å². The number of imidazole rings is 1. The highest BCUT2D eigenvalue weighted by Gasteiger charge is 2.31.